The van der Waals surface area contributed by atoms with Gasteiger partial charge in [-0.2, -0.15) is 0 Å². The van der Waals surface area contributed by atoms with Crippen molar-refractivity contribution >= 4 is 17.6 Å². The van der Waals surface area contributed by atoms with E-state index in [1.807, 2.05) is 40.9 Å². The van der Waals surface area contributed by atoms with E-state index in [0.29, 0.717) is 18.2 Å². The van der Waals surface area contributed by atoms with Crippen molar-refractivity contribution in [2.75, 3.05) is 13.7 Å². The number of rotatable bonds is 5. The van der Waals surface area contributed by atoms with Crippen molar-refractivity contribution in [3.63, 3.8) is 0 Å². The Morgan fingerprint density at radius 1 is 1.29 bits per heavy atom. The molecule has 0 spiro atoms. The van der Waals surface area contributed by atoms with E-state index in [9.17, 15) is 4.79 Å². The lowest BCUT2D eigenvalue weighted by Crippen LogP contribution is -2.00. The Labute approximate surface area is 139 Å². The van der Waals surface area contributed by atoms with E-state index in [2.05, 4.69) is 9.97 Å². The number of carbonyl (C=O) groups is 1. The second-order valence-electron chi connectivity index (χ2n) is 4.96. The number of carbonyl (C=O) groups excluding carboxylic acids is 1. The average Bonchev–Trinajstić information content (AvgIpc) is 3.04. The number of imidazole rings is 1. The Hall–Kier alpha value is -3.15. The lowest BCUT2D eigenvalue weighted by Gasteiger charge is -2.06. The summed E-state index contributed by atoms with van der Waals surface area (Å²) < 4.78 is 12.1. The smallest absolute Gasteiger partial charge is 0.330 e. The van der Waals surface area contributed by atoms with Crippen LogP contribution in [0.4, 0.5) is 0 Å². The maximum atomic E-state index is 11.5. The predicted octanol–water partition coefficient (Wildman–Crippen LogP) is 2.98. The van der Waals surface area contributed by atoms with Crippen molar-refractivity contribution in [3.8, 4) is 17.3 Å². The largest absolute Gasteiger partial charge is 0.479 e. The predicted molar refractivity (Wildman–Crippen MR) is 90.6 cm³/mol. The molecule has 122 valence electrons. The first-order chi connectivity index (χ1) is 11.7. The summed E-state index contributed by atoms with van der Waals surface area (Å²) >= 11 is 0. The Morgan fingerprint density at radius 2 is 2.08 bits per heavy atom. The maximum absolute atomic E-state index is 11.5. The Morgan fingerprint density at radius 3 is 2.79 bits per heavy atom. The van der Waals surface area contributed by atoms with Crippen LogP contribution in [0.15, 0.2) is 48.8 Å². The van der Waals surface area contributed by atoms with Gasteiger partial charge in [0, 0.05) is 17.8 Å². The highest BCUT2D eigenvalue weighted by Crippen LogP contribution is 2.25. The number of methoxy groups -OCH3 is 1. The highest BCUT2D eigenvalue weighted by atomic mass is 16.5. The van der Waals surface area contributed by atoms with Crippen LogP contribution in [-0.2, 0) is 9.53 Å². The third-order valence-corrected chi connectivity index (χ3v) is 3.41. The fourth-order valence-corrected chi connectivity index (χ4v) is 2.36. The number of hydrogen-bond donors (Lipinski definition) is 0. The molecule has 1 aromatic carbocycles. The summed E-state index contributed by atoms with van der Waals surface area (Å²) in [5.74, 6) is 0.806. The van der Waals surface area contributed by atoms with Crippen molar-refractivity contribution in [3.05, 3.63) is 54.5 Å². The van der Waals surface area contributed by atoms with Gasteiger partial charge in [-0.1, -0.05) is 30.3 Å². The lowest BCUT2D eigenvalue weighted by atomic mass is 10.2. The molecule has 2 heterocycles. The molecule has 3 rings (SSSR count). The van der Waals surface area contributed by atoms with Crippen LogP contribution in [-0.4, -0.2) is 34.1 Å². The third-order valence-electron chi connectivity index (χ3n) is 3.41. The molecule has 0 aliphatic heterocycles. The van der Waals surface area contributed by atoms with Gasteiger partial charge in [-0.3, -0.25) is 4.40 Å². The Kier molecular flexibility index (Phi) is 4.56. The van der Waals surface area contributed by atoms with Crippen LogP contribution in [0.3, 0.4) is 0 Å². The van der Waals surface area contributed by atoms with Gasteiger partial charge in [0.15, 0.2) is 0 Å². The summed E-state index contributed by atoms with van der Waals surface area (Å²) in [6, 6.07) is 9.83. The molecule has 0 saturated carbocycles. The van der Waals surface area contributed by atoms with E-state index in [-0.39, 0.29) is 0 Å². The number of fused-ring (bicyclic) bond motifs is 1. The van der Waals surface area contributed by atoms with E-state index in [1.165, 1.54) is 6.08 Å². The molecule has 0 amide bonds. The third kappa shape index (κ3) is 3.12. The highest BCUT2D eigenvalue weighted by Gasteiger charge is 2.12. The van der Waals surface area contributed by atoms with Crippen LogP contribution in [0.5, 0.6) is 5.88 Å². The van der Waals surface area contributed by atoms with E-state index in [1.54, 1.807) is 26.3 Å². The van der Waals surface area contributed by atoms with Crippen molar-refractivity contribution < 1.29 is 14.3 Å². The van der Waals surface area contributed by atoms with Gasteiger partial charge in [0.05, 0.1) is 25.6 Å². The van der Waals surface area contributed by atoms with Crippen molar-refractivity contribution in [1.82, 2.24) is 14.4 Å². The van der Waals surface area contributed by atoms with Crippen LogP contribution in [0.1, 0.15) is 12.6 Å². The molecule has 2 aromatic heterocycles. The number of esters is 1. The molecule has 0 saturated heterocycles. The minimum absolute atomic E-state index is 0.332. The van der Waals surface area contributed by atoms with Crippen LogP contribution in [0.25, 0.3) is 23.0 Å². The minimum Gasteiger partial charge on any atom is -0.479 e. The molecule has 0 unspecified atom stereocenters. The van der Waals surface area contributed by atoms with Gasteiger partial charge in [0.1, 0.15) is 11.3 Å². The van der Waals surface area contributed by atoms with Crippen LogP contribution in [0, 0.1) is 0 Å². The van der Waals surface area contributed by atoms with Crippen LogP contribution in [0.2, 0.25) is 0 Å². The van der Waals surface area contributed by atoms with Gasteiger partial charge in [-0.15, -0.1) is 0 Å². The van der Waals surface area contributed by atoms with E-state index in [4.69, 9.17) is 9.47 Å². The summed E-state index contributed by atoms with van der Waals surface area (Å²) in [6.07, 6.45) is 6.46. The molecule has 24 heavy (non-hydrogen) atoms. The lowest BCUT2D eigenvalue weighted by molar-refractivity contribution is -0.137. The number of hydrogen-bond acceptors (Lipinski definition) is 5. The fraction of sp³-hybridized carbons (Fsp3) is 0.167. The van der Waals surface area contributed by atoms with Gasteiger partial charge >= 0.3 is 5.97 Å². The summed E-state index contributed by atoms with van der Waals surface area (Å²) in [4.78, 5) is 20.3. The molecule has 0 aliphatic rings. The summed E-state index contributed by atoms with van der Waals surface area (Å²) in [7, 11) is 1.55. The summed E-state index contributed by atoms with van der Waals surface area (Å²) in [5, 5.41) is 0. The zero-order valence-corrected chi connectivity index (χ0v) is 13.5. The number of aromatic nitrogens is 3. The Bertz CT molecular complexity index is 885. The molecule has 0 N–H and O–H groups in total. The first kappa shape index (κ1) is 15.7. The summed E-state index contributed by atoms with van der Waals surface area (Å²) in [5.41, 5.74) is 2.30. The second kappa shape index (κ2) is 6.95. The van der Waals surface area contributed by atoms with Crippen LogP contribution >= 0.6 is 0 Å². The number of ether oxygens (including phenoxy) is 2. The molecule has 0 fully saturated rings. The quantitative estimate of drug-likeness (QED) is 0.533. The maximum Gasteiger partial charge on any atom is 0.330 e. The van der Waals surface area contributed by atoms with Crippen molar-refractivity contribution in [2.24, 2.45) is 0 Å². The molecule has 0 bridgehead atoms. The SMILES string of the molecule is CCOC(=O)C=Cc1cn2c(-c3ccccc3)ncc2c(OC)n1. The zero-order valence-electron chi connectivity index (χ0n) is 13.5. The molecule has 0 radical (unpaired) electrons. The van der Waals surface area contributed by atoms with Gasteiger partial charge in [0.2, 0.25) is 5.88 Å². The molecular formula is C18H17N3O3. The highest BCUT2D eigenvalue weighted by molar-refractivity contribution is 5.86. The topological polar surface area (TPSA) is 65.7 Å². The monoisotopic (exact) mass is 323 g/mol. The minimum atomic E-state index is -0.410. The molecule has 6 heteroatoms. The molecular weight excluding hydrogens is 306 g/mol. The first-order valence-electron chi connectivity index (χ1n) is 7.55. The van der Waals surface area contributed by atoms with E-state index in [0.717, 1.165) is 16.9 Å². The fourth-order valence-electron chi connectivity index (χ4n) is 2.36. The zero-order chi connectivity index (χ0) is 16.9. The van der Waals surface area contributed by atoms with E-state index >= 15 is 0 Å². The molecule has 6 nitrogen and oxygen atoms in total. The standard InChI is InChI=1S/C18H17N3O3/c1-3-24-16(22)10-9-14-12-21-15(18(20-14)23-2)11-19-17(21)13-7-5-4-6-8-13/h4-12H,3H2,1-2H3. The molecule has 0 aliphatic carbocycles. The van der Waals surface area contributed by atoms with Gasteiger partial charge < -0.3 is 9.47 Å². The summed E-state index contributed by atoms with van der Waals surface area (Å²) in [6.45, 7) is 2.09. The first-order valence-corrected chi connectivity index (χ1v) is 7.55. The van der Waals surface area contributed by atoms with Crippen molar-refractivity contribution in [2.45, 2.75) is 6.92 Å². The van der Waals surface area contributed by atoms with E-state index < -0.39 is 5.97 Å². The van der Waals surface area contributed by atoms with Crippen LogP contribution < -0.4 is 4.74 Å². The molecule has 3 aromatic rings. The van der Waals surface area contributed by atoms with Crippen molar-refractivity contribution in [1.29, 1.82) is 0 Å². The van der Waals surface area contributed by atoms with Gasteiger partial charge in [-0.25, -0.2) is 14.8 Å². The number of nitrogens with zero attached hydrogens (tertiary/aromatic N) is 3. The normalized spacial score (nSPS) is 11.1. The molecule has 0 atom stereocenters. The second-order valence-corrected chi connectivity index (χ2v) is 4.96. The van der Waals surface area contributed by atoms with Gasteiger partial charge in [-0.05, 0) is 13.0 Å². The average molecular weight is 323 g/mol. The van der Waals surface area contributed by atoms with Gasteiger partial charge in [0.25, 0.3) is 0 Å². The number of benzene rings is 1. The Balaban J connectivity index is 2.08.